The van der Waals surface area contributed by atoms with Crippen LogP contribution in [0.4, 0.5) is 0 Å². The second kappa shape index (κ2) is 6.71. The molecule has 0 aliphatic rings. The summed E-state index contributed by atoms with van der Waals surface area (Å²) >= 11 is 0. The first-order valence-electron chi connectivity index (χ1n) is 4.19. The fourth-order valence-corrected chi connectivity index (χ4v) is 1.03. The van der Waals surface area contributed by atoms with Crippen molar-refractivity contribution in [2.75, 3.05) is 13.2 Å². The van der Waals surface area contributed by atoms with Crippen molar-refractivity contribution in [2.45, 2.75) is 31.4 Å². The topological polar surface area (TPSA) is 119 Å². The summed E-state index contributed by atoms with van der Waals surface area (Å²) < 4.78 is 0. The number of aliphatic hydroxyl groups excluding tert-OH is 1. The van der Waals surface area contributed by atoms with Crippen LogP contribution in [0.3, 0.4) is 0 Å². The number of nitrogens with two attached hydrogens (primary N) is 1. The minimum absolute atomic E-state index is 0. The van der Waals surface area contributed by atoms with E-state index < -0.39 is 11.6 Å². The minimum atomic E-state index is -2.71. The smallest absolute Gasteiger partial charge is 0.264 e. The Bertz CT molecular complexity index is 153. The molecule has 0 saturated heterocycles. The van der Waals surface area contributed by atoms with Gasteiger partial charge in [-0.15, -0.1) is 0 Å². The number of hydrogen-bond donors (Lipinski definition) is 6. The zero-order valence-electron chi connectivity index (χ0n) is 8.00. The number of rotatable bonds is 6. The van der Waals surface area contributed by atoms with Crippen LogP contribution in [-0.2, 0) is 17.1 Å². The Balaban J connectivity index is 0. The average molecular weight is 258 g/mol. The number of aliphatic hydroxyl groups is 4. The van der Waals surface area contributed by atoms with E-state index in [9.17, 15) is 5.11 Å². The standard InChI is InChI=1S/C7H18N2O4.Cu/c1-2-3-6(11,7(8,12)13)9-4-5-10;/h9-13H,2-5,8H2,1H3;. The van der Waals surface area contributed by atoms with Gasteiger partial charge in [0.05, 0.1) is 6.61 Å². The molecule has 0 amide bonds. The van der Waals surface area contributed by atoms with Gasteiger partial charge in [-0.25, -0.2) is 0 Å². The fraction of sp³-hybridized carbons (Fsp3) is 1.00. The van der Waals surface area contributed by atoms with Gasteiger partial charge in [0.2, 0.25) is 0 Å². The molecule has 14 heavy (non-hydrogen) atoms. The van der Waals surface area contributed by atoms with Gasteiger partial charge >= 0.3 is 0 Å². The minimum Gasteiger partial charge on any atom is -0.395 e. The van der Waals surface area contributed by atoms with Gasteiger partial charge in [0, 0.05) is 23.6 Å². The molecule has 1 radical (unpaired) electrons. The van der Waals surface area contributed by atoms with Crippen molar-refractivity contribution in [3.05, 3.63) is 0 Å². The second-order valence-electron chi connectivity index (χ2n) is 2.99. The van der Waals surface area contributed by atoms with Gasteiger partial charge in [-0.1, -0.05) is 13.3 Å². The van der Waals surface area contributed by atoms with E-state index in [1.165, 1.54) is 0 Å². The van der Waals surface area contributed by atoms with Gasteiger partial charge < -0.3 is 20.4 Å². The third kappa shape index (κ3) is 4.68. The maximum atomic E-state index is 9.63. The van der Waals surface area contributed by atoms with Gasteiger partial charge in [0.15, 0.2) is 5.72 Å². The molecule has 0 spiro atoms. The Labute approximate surface area is 93.6 Å². The molecule has 0 aliphatic heterocycles. The largest absolute Gasteiger partial charge is 0.395 e. The van der Waals surface area contributed by atoms with E-state index in [0.29, 0.717) is 6.42 Å². The van der Waals surface area contributed by atoms with Crippen molar-refractivity contribution in [1.82, 2.24) is 5.32 Å². The summed E-state index contributed by atoms with van der Waals surface area (Å²) in [5.41, 5.74) is 2.98. The van der Waals surface area contributed by atoms with Gasteiger partial charge in [0.25, 0.3) is 5.91 Å². The van der Waals surface area contributed by atoms with Crippen LogP contribution >= 0.6 is 0 Å². The Hall–Kier alpha value is 0.279. The van der Waals surface area contributed by atoms with E-state index in [1.54, 1.807) is 6.92 Å². The predicted octanol–water partition coefficient (Wildman–Crippen LogP) is -2.35. The molecule has 0 heterocycles. The summed E-state index contributed by atoms with van der Waals surface area (Å²) in [5, 5.41) is 38.6. The molecule has 1 atom stereocenters. The summed E-state index contributed by atoms with van der Waals surface area (Å²) in [7, 11) is 0. The zero-order chi connectivity index (χ0) is 10.5. The summed E-state index contributed by atoms with van der Waals surface area (Å²) in [6.45, 7) is 1.58. The van der Waals surface area contributed by atoms with Crippen LogP contribution in [0.1, 0.15) is 19.8 Å². The van der Waals surface area contributed by atoms with E-state index in [2.05, 4.69) is 5.32 Å². The second-order valence-corrected chi connectivity index (χ2v) is 2.99. The SMILES string of the molecule is CCCC(O)(NCCO)C(N)(O)O.[Cu]. The van der Waals surface area contributed by atoms with E-state index in [-0.39, 0.29) is 36.6 Å². The van der Waals surface area contributed by atoms with Crippen molar-refractivity contribution in [3.8, 4) is 0 Å². The quantitative estimate of drug-likeness (QED) is 0.234. The summed E-state index contributed by atoms with van der Waals surface area (Å²) in [6, 6.07) is 0. The Morgan fingerprint density at radius 1 is 1.29 bits per heavy atom. The van der Waals surface area contributed by atoms with Crippen LogP contribution in [-0.4, -0.2) is 45.2 Å². The van der Waals surface area contributed by atoms with Crippen LogP contribution in [0.25, 0.3) is 0 Å². The molecule has 91 valence electrons. The Morgan fingerprint density at radius 3 is 2.07 bits per heavy atom. The average Bonchev–Trinajstić information content (AvgIpc) is 1.99. The van der Waals surface area contributed by atoms with E-state index in [4.69, 9.17) is 21.1 Å². The van der Waals surface area contributed by atoms with Crippen LogP contribution in [0, 0.1) is 0 Å². The molecule has 7 N–H and O–H groups in total. The van der Waals surface area contributed by atoms with E-state index in [1.807, 2.05) is 0 Å². The van der Waals surface area contributed by atoms with Gasteiger partial charge in [-0.2, -0.15) is 0 Å². The first kappa shape index (κ1) is 16.7. The molecule has 0 bridgehead atoms. The molecule has 0 fully saturated rings. The normalized spacial score (nSPS) is 15.9. The molecule has 0 aromatic carbocycles. The third-order valence-electron chi connectivity index (χ3n) is 1.75. The van der Waals surface area contributed by atoms with Crippen LogP contribution < -0.4 is 11.1 Å². The predicted molar refractivity (Wildman–Crippen MR) is 46.3 cm³/mol. The molecular weight excluding hydrogens is 240 g/mol. The Kier molecular flexibility index (Phi) is 8.00. The van der Waals surface area contributed by atoms with Crippen molar-refractivity contribution in [2.24, 2.45) is 5.73 Å². The first-order valence-corrected chi connectivity index (χ1v) is 4.19. The van der Waals surface area contributed by atoms with Crippen molar-refractivity contribution in [3.63, 3.8) is 0 Å². The summed E-state index contributed by atoms with van der Waals surface area (Å²) in [5.74, 6) is -2.71. The third-order valence-corrected chi connectivity index (χ3v) is 1.75. The van der Waals surface area contributed by atoms with Crippen molar-refractivity contribution < 1.29 is 37.5 Å². The molecule has 0 aliphatic carbocycles. The monoisotopic (exact) mass is 257 g/mol. The van der Waals surface area contributed by atoms with Crippen LogP contribution in [0.15, 0.2) is 0 Å². The molecule has 1 unspecified atom stereocenters. The molecule has 6 nitrogen and oxygen atoms in total. The summed E-state index contributed by atoms with van der Waals surface area (Å²) in [4.78, 5) is 0. The molecule has 7 heteroatoms. The molecule has 0 saturated carbocycles. The van der Waals surface area contributed by atoms with Gasteiger partial charge in [-0.05, 0) is 6.42 Å². The fourth-order valence-electron chi connectivity index (χ4n) is 1.03. The van der Waals surface area contributed by atoms with Gasteiger partial charge in [-0.3, -0.25) is 11.1 Å². The molecule has 0 rings (SSSR count). The van der Waals surface area contributed by atoms with Crippen molar-refractivity contribution >= 4 is 0 Å². The van der Waals surface area contributed by atoms with Crippen molar-refractivity contribution in [1.29, 1.82) is 0 Å². The van der Waals surface area contributed by atoms with Gasteiger partial charge in [0.1, 0.15) is 0 Å². The number of hydrogen-bond acceptors (Lipinski definition) is 6. The first-order chi connectivity index (χ1) is 5.87. The zero-order valence-corrected chi connectivity index (χ0v) is 8.94. The maximum Gasteiger partial charge on any atom is 0.264 e. The molecule has 0 aromatic rings. The van der Waals surface area contributed by atoms with Crippen LogP contribution in [0.2, 0.25) is 0 Å². The number of nitrogens with one attached hydrogen (secondary N) is 1. The van der Waals surface area contributed by atoms with E-state index >= 15 is 0 Å². The molecule has 0 aromatic heterocycles. The van der Waals surface area contributed by atoms with E-state index in [0.717, 1.165) is 0 Å². The Morgan fingerprint density at radius 2 is 1.79 bits per heavy atom. The summed E-state index contributed by atoms with van der Waals surface area (Å²) in [6.07, 6.45) is 0.603. The molecular formula is C7H18CuN2O4. The maximum absolute atomic E-state index is 9.63. The van der Waals surface area contributed by atoms with Crippen LogP contribution in [0.5, 0.6) is 0 Å².